The number of anilines is 1. The Labute approximate surface area is 136 Å². The van der Waals surface area contributed by atoms with E-state index in [9.17, 15) is 4.79 Å². The summed E-state index contributed by atoms with van der Waals surface area (Å²) in [5.41, 5.74) is 0.965. The molecule has 0 bridgehead atoms. The summed E-state index contributed by atoms with van der Waals surface area (Å²) in [6.07, 6.45) is 4.51. The number of ether oxygens (including phenoxy) is 1. The van der Waals surface area contributed by atoms with Gasteiger partial charge in [-0.3, -0.25) is 4.79 Å². The summed E-state index contributed by atoms with van der Waals surface area (Å²) in [5, 5.41) is 2.78. The number of rotatable bonds is 8. The number of methoxy groups -OCH3 is 1. The van der Waals surface area contributed by atoms with Gasteiger partial charge < -0.3 is 9.64 Å². The highest BCUT2D eigenvalue weighted by Crippen LogP contribution is 2.25. The number of hydrogen-bond acceptors (Lipinski definition) is 4. The molecule has 2 aromatic rings. The molecule has 0 aliphatic heterocycles. The summed E-state index contributed by atoms with van der Waals surface area (Å²) in [4.78, 5) is 15.1. The molecule has 0 amide bonds. The second-order valence-corrected chi connectivity index (χ2v) is 6.42. The maximum absolute atomic E-state index is 12.9. The SMILES string of the molecule is CCCCN(CCCC)c1csc2ccc(OC)cc2c1=O. The third-order valence-corrected chi connectivity index (χ3v) is 4.82. The Kier molecular flexibility index (Phi) is 6.25. The van der Waals surface area contributed by atoms with Gasteiger partial charge in [0.15, 0.2) is 0 Å². The van der Waals surface area contributed by atoms with Crippen molar-refractivity contribution in [1.29, 1.82) is 0 Å². The highest BCUT2D eigenvalue weighted by Gasteiger charge is 2.13. The molecule has 1 aromatic carbocycles. The summed E-state index contributed by atoms with van der Waals surface area (Å²) in [7, 11) is 1.63. The summed E-state index contributed by atoms with van der Waals surface area (Å²) in [5.74, 6) is 0.739. The average Bonchev–Trinajstić information content (AvgIpc) is 2.56. The van der Waals surface area contributed by atoms with E-state index in [0.29, 0.717) is 0 Å². The number of nitrogens with zero attached hydrogens (tertiary/aromatic N) is 1. The van der Waals surface area contributed by atoms with E-state index in [1.54, 1.807) is 18.4 Å². The smallest absolute Gasteiger partial charge is 0.211 e. The molecular formula is C18H25NO2S. The zero-order chi connectivity index (χ0) is 15.9. The van der Waals surface area contributed by atoms with Crippen molar-refractivity contribution in [1.82, 2.24) is 0 Å². The van der Waals surface area contributed by atoms with Gasteiger partial charge in [0.1, 0.15) is 5.75 Å². The van der Waals surface area contributed by atoms with Gasteiger partial charge in [-0.2, -0.15) is 0 Å². The van der Waals surface area contributed by atoms with Crippen LogP contribution in [0.25, 0.3) is 10.1 Å². The molecule has 0 aliphatic rings. The lowest BCUT2D eigenvalue weighted by Gasteiger charge is -2.24. The quantitative estimate of drug-likeness (QED) is 0.707. The summed E-state index contributed by atoms with van der Waals surface area (Å²) in [6.45, 7) is 6.27. The first-order valence-electron chi connectivity index (χ1n) is 8.05. The van der Waals surface area contributed by atoms with Crippen LogP contribution in [0.2, 0.25) is 0 Å². The van der Waals surface area contributed by atoms with Crippen LogP contribution < -0.4 is 15.1 Å². The van der Waals surface area contributed by atoms with E-state index in [4.69, 9.17) is 4.74 Å². The molecule has 3 nitrogen and oxygen atoms in total. The fraction of sp³-hybridized carbons (Fsp3) is 0.500. The van der Waals surface area contributed by atoms with Crippen molar-refractivity contribution in [2.45, 2.75) is 39.5 Å². The van der Waals surface area contributed by atoms with Gasteiger partial charge in [0.2, 0.25) is 5.43 Å². The first-order chi connectivity index (χ1) is 10.7. The fourth-order valence-corrected chi connectivity index (χ4v) is 3.42. The highest BCUT2D eigenvalue weighted by molar-refractivity contribution is 7.16. The lowest BCUT2D eigenvalue weighted by molar-refractivity contribution is 0.415. The van der Waals surface area contributed by atoms with Crippen molar-refractivity contribution < 1.29 is 4.74 Å². The molecule has 120 valence electrons. The van der Waals surface area contributed by atoms with Crippen molar-refractivity contribution in [2.24, 2.45) is 0 Å². The van der Waals surface area contributed by atoms with Gasteiger partial charge in [-0.05, 0) is 31.0 Å². The number of hydrogen-bond donors (Lipinski definition) is 0. The molecular weight excluding hydrogens is 294 g/mol. The first-order valence-corrected chi connectivity index (χ1v) is 8.93. The van der Waals surface area contributed by atoms with Gasteiger partial charge in [-0.25, -0.2) is 0 Å². The zero-order valence-electron chi connectivity index (χ0n) is 13.7. The van der Waals surface area contributed by atoms with Crippen LogP contribution in [0.5, 0.6) is 5.75 Å². The maximum Gasteiger partial charge on any atom is 0.211 e. The number of benzene rings is 1. The lowest BCUT2D eigenvalue weighted by Crippen LogP contribution is -2.30. The van der Waals surface area contributed by atoms with E-state index in [0.717, 1.165) is 60.3 Å². The molecule has 22 heavy (non-hydrogen) atoms. The van der Waals surface area contributed by atoms with Gasteiger partial charge in [0, 0.05) is 28.6 Å². The Bertz CT molecular complexity index is 658. The summed E-state index contributed by atoms with van der Waals surface area (Å²) < 4.78 is 6.27. The normalized spacial score (nSPS) is 10.9. The highest BCUT2D eigenvalue weighted by atomic mass is 32.1. The first kappa shape index (κ1) is 16.8. The van der Waals surface area contributed by atoms with E-state index in [1.807, 2.05) is 23.6 Å². The molecule has 0 fully saturated rings. The monoisotopic (exact) mass is 319 g/mol. The molecule has 0 spiro atoms. The van der Waals surface area contributed by atoms with Crippen molar-refractivity contribution in [3.05, 3.63) is 33.8 Å². The van der Waals surface area contributed by atoms with E-state index < -0.39 is 0 Å². The lowest BCUT2D eigenvalue weighted by atomic mass is 10.2. The van der Waals surface area contributed by atoms with Crippen molar-refractivity contribution in [3.8, 4) is 5.75 Å². The van der Waals surface area contributed by atoms with Crippen LogP contribution in [-0.2, 0) is 0 Å². The van der Waals surface area contributed by atoms with Gasteiger partial charge >= 0.3 is 0 Å². The predicted octanol–water partition coefficient (Wildman–Crippen LogP) is 4.68. The molecule has 0 saturated carbocycles. The zero-order valence-corrected chi connectivity index (χ0v) is 14.5. The van der Waals surface area contributed by atoms with Crippen LogP contribution in [0.4, 0.5) is 5.69 Å². The van der Waals surface area contributed by atoms with Gasteiger partial charge in [-0.1, -0.05) is 26.7 Å². The van der Waals surface area contributed by atoms with Gasteiger partial charge in [0.05, 0.1) is 12.8 Å². The third-order valence-electron chi connectivity index (χ3n) is 3.87. The molecule has 0 atom stereocenters. The molecule has 1 heterocycles. The van der Waals surface area contributed by atoms with E-state index in [1.165, 1.54) is 0 Å². The Balaban J connectivity index is 2.42. The Hall–Kier alpha value is -1.55. The van der Waals surface area contributed by atoms with Crippen LogP contribution in [0.3, 0.4) is 0 Å². The van der Waals surface area contributed by atoms with Crippen LogP contribution >= 0.6 is 11.3 Å². The topological polar surface area (TPSA) is 29.5 Å². The average molecular weight is 319 g/mol. The molecule has 2 rings (SSSR count). The molecule has 0 saturated heterocycles. The number of fused-ring (bicyclic) bond motifs is 1. The van der Waals surface area contributed by atoms with Crippen molar-refractivity contribution in [3.63, 3.8) is 0 Å². The van der Waals surface area contributed by atoms with Gasteiger partial charge in [-0.15, -0.1) is 11.3 Å². The van der Waals surface area contributed by atoms with Crippen LogP contribution in [-0.4, -0.2) is 20.2 Å². The minimum Gasteiger partial charge on any atom is -0.497 e. The second kappa shape index (κ2) is 8.18. The van der Waals surface area contributed by atoms with E-state index in [-0.39, 0.29) is 5.43 Å². The fourth-order valence-electron chi connectivity index (χ4n) is 2.50. The van der Waals surface area contributed by atoms with Crippen molar-refractivity contribution in [2.75, 3.05) is 25.1 Å². The maximum atomic E-state index is 12.9. The molecule has 0 unspecified atom stereocenters. The molecule has 4 heteroatoms. The second-order valence-electron chi connectivity index (χ2n) is 5.51. The largest absolute Gasteiger partial charge is 0.497 e. The van der Waals surface area contributed by atoms with Crippen molar-refractivity contribution >= 4 is 27.1 Å². The van der Waals surface area contributed by atoms with Crippen LogP contribution in [0.1, 0.15) is 39.5 Å². The van der Waals surface area contributed by atoms with Crippen LogP contribution in [0.15, 0.2) is 28.4 Å². The molecule has 0 aliphatic carbocycles. The Morgan fingerprint density at radius 1 is 1.14 bits per heavy atom. The van der Waals surface area contributed by atoms with Crippen LogP contribution in [0, 0.1) is 0 Å². The van der Waals surface area contributed by atoms with E-state index in [2.05, 4.69) is 18.7 Å². The molecule has 1 aromatic heterocycles. The molecule has 0 radical (unpaired) electrons. The predicted molar refractivity (Wildman–Crippen MR) is 96.7 cm³/mol. The number of unbranched alkanes of at least 4 members (excludes halogenated alkanes) is 2. The van der Waals surface area contributed by atoms with E-state index >= 15 is 0 Å². The van der Waals surface area contributed by atoms with Gasteiger partial charge in [0.25, 0.3) is 0 Å². The third kappa shape index (κ3) is 3.80. The summed E-state index contributed by atoms with van der Waals surface area (Å²) in [6, 6.07) is 5.73. The molecule has 0 N–H and O–H groups in total. The summed E-state index contributed by atoms with van der Waals surface area (Å²) >= 11 is 1.63. The minimum absolute atomic E-state index is 0.125. The minimum atomic E-state index is 0.125. The Morgan fingerprint density at radius 3 is 2.41 bits per heavy atom. The standard InChI is InChI=1S/C18H25NO2S/c1-4-6-10-19(11-7-5-2)16-13-22-17-9-8-14(21-3)12-15(17)18(16)20/h8-9,12-13H,4-7,10-11H2,1-3H3. The Morgan fingerprint density at radius 2 is 1.82 bits per heavy atom.